The van der Waals surface area contributed by atoms with E-state index >= 15 is 0 Å². The Bertz CT molecular complexity index is 722. The van der Waals surface area contributed by atoms with Gasteiger partial charge in [0.15, 0.2) is 0 Å². The molecule has 0 aliphatic heterocycles. The third-order valence-corrected chi connectivity index (χ3v) is 6.83. The van der Waals surface area contributed by atoms with Gasteiger partial charge in [-0.15, -0.1) is 13.2 Å². The van der Waals surface area contributed by atoms with E-state index in [4.69, 9.17) is 0 Å². The van der Waals surface area contributed by atoms with Gasteiger partial charge in [0, 0.05) is 5.56 Å². The van der Waals surface area contributed by atoms with E-state index in [0.717, 1.165) is 17.8 Å². The average Bonchev–Trinajstić information content (AvgIpc) is 2.73. The summed E-state index contributed by atoms with van der Waals surface area (Å²) in [6.07, 6.45) is 13.1. The van der Waals surface area contributed by atoms with Gasteiger partial charge in [-0.2, -0.15) is 0 Å². The van der Waals surface area contributed by atoms with E-state index in [1.807, 2.05) is 6.08 Å². The summed E-state index contributed by atoms with van der Waals surface area (Å²) in [5.41, 5.74) is 0.677. The molecule has 0 unspecified atom stereocenters. The van der Waals surface area contributed by atoms with Crippen LogP contribution in [0.25, 0.3) is 0 Å². The van der Waals surface area contributed by atoms with Gasteiger partial charge >= 0.3 is 6.36 Å². The summed E-state index contributed by atoms with van der Waals surface area (Å²) < 4.78 is 40.4. The van der Waals surface area contributed by atoms with Crippen LogP contribution in [0, 0.1) is 35.5 Å². The Morgan fingerprint density at radius 3 is 2.10 bits per heavy atom. The van der Waals surface area contributed by atoms with Gasteiger partial charge in [0.05, 0.1) is 0 Å². The predicted octanol–water partition coefficient (Wildman–Crippen LogP) is 7.91. The lowest BCUT2D eigenvalue weighted by Gasteiger charge is -2.37. The average molecular weight is 419 g/mol. The lowest BCUT2D eigenvalue weighted by atomic mass is 9.69. The van der Waals surface area contributed by atoms with Crippen molar-refractivity contribution in [1.82, 2.24) is 0 Å². The van der Waals surface area contributed by atoms with Gasteiger partial charge in [-0.1, -0.05) is 50.5 Å². The largest absolute Gasteiger partial charge is 0.573 e. The van der Waals surface area contributed by atoms with E-state index in [1.54, 1.807) is 12.1 Å². The third-order valence-electron chi connectivity index (χ3n) is 6.83. The Hall–Kier alpha value is -1.89. The molecule has 0 saturated heterocycles. The SMILES string of the molecule is CCCC1CCC(C2CCC(C=CC#Cc3ccc(OC(F)(F)F)cc3)CC2)CC1. The minimum absolute atomic E-state index is 0.223. The fourth-order valence-corrected chi connectivity index (χ4v) is 5.21. The molecule has 164 valence electrons. The molecule has 0 aromatic heterocycles. The van der Waals surface area contributed by atoms with E-state index < -0.39 is 6.36 Å². The number of rotatable bonds is 5. The van der Waals surface area contributed by atoms with Crippen molar-refractivity contribution in [1.29, 1.82) is 0 Å². The Morgan fingerprint density at radius 2 is 1.53 bits per heavy atom. The molecule has 2 fully saturated rings. The summed E-state index contributed by atoms with van der Waals surface area (Å²) in [6, 6.07) is 5.67. The number of benzene rings is 1. The smallest absolute Gasteiger partial charge is 0.406 e. The molecular weight excluding hydrogens is 385 g/mol. The second-order valence-corrected chi connectivity index (χ2v) is 8.94. The van der Waals surface area contributed by atoms with Gasteiger partial charge in [-0.05, 0) is 92.5 Å². The third kappa shape index (κ3) is 7.42. The van der Waals surface area contributed by atoms with Gasteiger partial charge in [0.25, 0.3) is 0 Å². The van der Waals surface area contributed by atoms with Crippen LogP contribution in [0.5, 0.6) is 5.75 Å². The highest BCUT2D eigenvalue weighted by Crippen LogP contribution is 2.42. The molecule has 0 bridgehead atoms. The molecule has 0 atom stereocenters. The fourth-order valence-electron chi connectivity index (χ4n) is 5.21. The van der Waals surface area contributed by atoms with Gasteiger partial charge in [0.2, 0.25) is 0 Å². The first-order chi connectivity index (χ1) is 14.4. The van der Waals surface area contributed by atoms with E-state index in [2.05, 4.69) is 29.6 Å². The maximum absolute atomic E-state index is 12.2. The standard InChI is InChI=1S/C26H33F3O/c1-2-5-20-8-14-23(15-9-20)24-16-10-21(11-17-24)6-3-4-7-22-12-18-25(19-13-22)30-26(27,28)29/h3,6,12-13,18-21,23-24H,2,5,8-11,14-17H2,1H3. The molecule has 2 aliphatic carbocycles. The molecule has 1 aromatic carbocycles. The van der Waals surface area contributed by atoms with Crippen LogP contribution in [0.1, 0.15) is 76.7 Å². The zero-order valence-electron chi connectivity index (χ0n) is 17.9. The highest BCUT2D eigenvalue weighted by Gasteiger charge is 2.31. The molecule has 0 spiro atoms. The first kappa shape index (κ1) is 22.8. The molecule has 3 rings (SSSR count). The highest BCUT2D eigenvalue weighted by atomic mass is 19.4. The van der Waals surface area contributed by atoms with Crippen LogP contribution in [-0.2, 0) is 0 Å². The highest BCUT2D eigenvalue weighted by molar-refractivity contribution is 5.40. The van der Waals surface area contributed by atoms with Crippen LogP contribution in [0.4, 0.5) is 13.2 Å². The van der Waals surface area contributed by atoms with E-state index in [1.165, 1.54) is 76.3 Å². The maximum Gasteiger partial charge on any atom is 0.573 e. The fraction of sp³-hybridized carbons (Fsp3) is 0.615. The molecule has 2 saturated carbocycles. The number of hydrogen-bond acceptors (Lipinski definition) is 1. The summed E-state index contributed by atoms with van der Waals surface area (Å²) in [4.78, 5) is 0. The minimum atomic E-state index is -4.66. The number of alkyl halides is 3. The Kier molecular flexibility index (Phi) is 8.31. The Balaban J connectivity index is 1.39. The predicted molar refractivity (Wildman–Crippen MR) is 115 cm³/mol. The van der Waals surface area contributed by atoms with Crippen LogP contribution in [0.15, 0.2) is 36.4 Å². The van der Waals surface area contributed by atoms with Crippen LogP contribution in [0.2, 0.25) is 0 Å². The quantitative estimate of drug-likeness (QED) is 0.442. The van der Waals surface area contributed by atoms with Crippen molar-refractivity contribution in [2.24, 2.45) is 23.7 Å². The molecule has 0 N–H and O–H groups in total. The number of halogens is 3. The van der Waals surface area contributed by atoms with Crippen LogP contribution < -0.4 is 4.74 Å². The summed E-state index contributed by atoms with van der Waals surface area (Å²) in [7, 11) is 0. The van der Waals surface area contributed by atoms with Crippen LogP contribution in [0.3, 0.4) is 0 Å². The van der Waals surface area contributed by atoms with E-state index in [9.17, 15) is 13.2 Å². The van der Waals surface area contributed by atoms with Gasteiger partial charge in [-0.3, -0.25) is 0 Å². The molecule has 2 aliphatic rings. The first-order valence-corrected chi connectivity index (χ1v) is 11.5. The van der Waals surface area contributed by atoms with Crippen molar-refractivity contribution < 1.29 is 17.9 Å². The number of hydrogen-bond donors (Lipinski definition) is 0. The minimum Gasteiger partial charge on any atom is -0.406 e. The number of ether oxygens (including phenoxy) is 1. The molecule has 1 aromatic rings. The summed E-state index contributed by atoms with van der Waals surface area (Å²) >= 11 is 0. The van der Waals surface area contributed by atoms with Gasteiger partial charge in [-0.25, -0.2) is 0 Å². The zero-order chi connectivity index (χ0) is 21.4. The summed E-state index contributed by atoms with van der Waals surface area (Å²) in [6.45, 7) is 2.30. The Morgan fingerprint density at radius 1 is 0.933 bits per heavy atom. The van der Waals surface area contributed by atoms with Gasteiger partial charge in [0.1, 0.15) is 5.75 Å². The van der Waals surface area contributed by atoms with Crippen molar-refractivity contribution in [3.05, 3.63) is 42.0 Å². The van der Waals surface area contributed by atoms with Gasteiger partial charge < -0.3 is 4.74 Å². The van der Waals surface area contributed by atoms with E-state index in [0.29, 0.717) is 11.5 Å². The topological polar surface area (TPSA) is 9.23 Å². The van der Waals surface area contributed by atoms with Crippen molar-refractivity contribution in [2.45, 2.75) is 77.5 Å². The first-order valence-electron chi connectivity index (χ1n) is 11.5. The van der Waals surface area contributed by atoms with Crippen molar-refractivity contribution in [2.75, 3.05) is 0 Å². The van der Waals surface area contributed by atoms with Crippen LogP contribution >= 0.6 is 0 Å². The van der Waals surface area contributed by atoms with Crippen molar-refractivity contribution in [3.8, 4) is 17.6 Å². The lowest BCUT2D eigenvalue weighted by Crippen LogP contribution is -2.25. The zero-order valence-corrected chi connectivity index (χ0v) is 17.9. The molecule has 30 heavy (non-hydrogen) atoms. The maximum atomic E-state index is 12.2. The number of allylic oxidation sites excluding steroid dienone is 2. The lowest BCUT2D eigenvalue weighted by molar-refractivity contribution is -0.274. The Labute approximate surface area is 179 Å². The molecule has 1 nitrogen and oxygen atoms in total. The molecule has 0 heterocycles. The van der Waals surface area contributed by atoms with Crippen LogP contribution in [-0.4, -0.2) is 6.36 Å². The second kappa shape index (κ2) is 10.9. The molecular formula is C26H33F3O. The summed E-state index contributed by atoms with van der Waals surface area (Å²) in [5.74, 6) is 9.23. The van der Waals surface area contributed by atoms with E-state index in [-0.39, 0.29) is 5.75 Å². The normalized spacial score (nSPS) is 27.5. The van der Waals surface area contributed by atoms with Crippen molar-refractivity contribution >= 4 is 0 Å². The monoisotopic (exact) mass is 418 g/mol. The molecule has 4 heteroatoms. The second-order valence-electron chi connectivity index (χ2n) is 8.94. The molecule has 0 radical (unpaired) electrons. The van der Waals surface area contributed by atoms with Crippen molar-refractivity contribution in [3.63, 3.8) is 0 Å². The molecule has 0 amide bonds. The summed E-state index contributed by atoms with van der Waals surface area (Å²) in [5, 5.41) is 0.